The molecule has 0 bridgehead atoms. The molecule has 2 rings (SSSR count). The highest BCUT2D eigenvalue weighted by Gasteiger charge is 2.28. The van der Waals surface area contributed by atoms with Crippen molar-refractivity contribution in [3.8, 4) is 0 Å². The lowest BCUT2D eigenvalue weighted by Gasteiger charge is -2.31. The highest BCUT2D eigenvalue weighted by molar-refractivity contribution is 7.99. The summed E-state index contributed by atoms with van der Waals surface area (Å²) in [4.78, 5) is 22.9. The van der Waals surface area contributed by atoms with E-state index in [-0.39, 0.29) is 24.7 Å². The molecule has 6 nitrogen and oxygen atoms in total. The molecule has 1 aliphatic heterocycles. The van der Waals surface area contributed by atoms with Crippen LogP contribution in [0.1, 0.15) is 12.0 Å². The molecule has 1 aromatic carbocycles. The number of primary amides is 1. The first kappa shape index (κ1) is 19.1. The summed E-state index contributed by atoms with van der Waals surface area (Å²) in [6.45, 7) is 0.750. The van der Waals surface area contributed by atoms with Crippen molar-refractivity contribution in [2.75, 3.05) is 25.6 Å². The molecule has 0 aromatic heterocycles. The van der Waals surface area contributed by atoms with Gasteiger partial charge < -0.3 is 20.5 Å². The lowest BCUT2D eigenvalue weighted by Crippen LogP contribution is -2.51. The van der Waals surface area contributed by atoms with Crippen LogP contribution >= 0.6 is 23.4 Å². The van der Waals surface area contributed by atoms with Crippen molar-refractivity contribution in [1.82, 2.24) is 5.32 Å². The molecule has 0 unspecified atom stereocenters. The van der Waals surface area contributed by atoms with Gasteiger partial charge in [-0.25, -0.2) is 0 Å². The number of halogens is 1. The summed E-state index contributed by atoms with van der Waals surface area (Å²) in [6, 6.07) is 7.29. The van der Waals surface area contributed by atoms with Crippen LogP contribution in [0.2, 0.25) is 5.02 Å². The molecule has 132 valence electrons. The first-order chi connectivity index (χ1) is 11.6. The number of carbonyl (C=O) groups excluding carboxylic acids is 2. The van der Waals surface area contributed by atoms with Crippen molar-refractivity contribution in [2.24, 2.45) is 5.73 Å². The molecule has 3 N–H and O–H groups in total. The summed E-state index contributed by atoms with van der Waals surface area (Å²) in [5, 5.41) is 3.60. The van der Waals surface area contributed by atoms with Crippen LogP contribution in [0.15, 0.2) is 24.3 Å². The number of thioether (sulfide) groups is 1. The lowest BCUT2D eigenvalue weighted by atomic mass is 10.1. The third-order valence-electron chi connectivity index (χ3n) is 3.53. The van der Waals surface area contributed by atoms with E-state index in [1.165, 1.54) is 11.8 Å². The largest absolute Gasteiger partial charge is 0.379 e. The van der Waals surface area contributed by atoms with E-state index in [0.717, 1.165) is 5.56 Å². The van der Waals surface area contributed by atoms with Crippen molar-refractivity contribution < 1.29 is 19.1 Å². The second-order valence-corrected chi connectivity index (χ2v) is 6.83. The normalized spacial score (nSPS) is 20.5. The Labute approximate surface area is 150 Å². The molecule has 0 aliphatic carbocycles. The van der Waals surface area contributed by atoms with E-state index < -0.39 is 5.91 Å². The zero-order valence-corrected chi connectivity index (χ0v) is 14.8. The average molecular weight is 373 g/mol. The number of rotatable bonds is 8. The predicted molar refractivity (Wildman–Crippen MR) is 93.9 cm³/mol. The summed E-state index contributed by atoms with van der Waals surface area (Å²) in [6.07, 6.45) is 0.356. The fraction of sp³-hybridized carbons (Fsp3) is 0.500. The molecule has 1 heterocycles. The van der Waals surface area contributed by atoms with Gasteiger partial charge in [0, 0.05) is 17.4 Å². The van der Waals surface area contributed by atoms with E-state index in [2.05, 4.69) is 5.32 Å². The monoisotopic (exact) mass is 372 g/mol. The Hall–Kier alpha value is -1.28. The fourth-order valence-corrected chi connectivity index (χ4v) is 3.48. The molecular weight excluding hydrogens is 352 g/mol. The average Bonchev–Trinajstić information content (AvgIpc) is 2.56. The van der Waals surface area contributed by atoms with Crippen molar-refractivity contribution in [2.45, 2.75) is 24.3 Å². The third-order valence-corrected chi connectivity index (χ3v) is 4.88. The van der Waals surface area contributed by atoms with Gasteiger partial charge in [0.25, 0.3) is 0 Å². The molecule has 1 saturated heterocycles. The number of ether oxygens (including phenoxy) is 2. The molecule has 0 spiro atoms. The number of amides is 2. The van der Waals surface area contributed by atoms with Gasteiger partial charge in [0.1, 0.15) is 6.61 Å². The molecule has 0 radical (unpaired) electrons. The van der Waals surface area contributed by atoms with Gasteiger partial charge in [-0.15, -0.1) is 11.8 Å². The van der Waals surface area contributed by atoms with E-state index in [1.54, 1.807) is 0 Å². The minimum absolute atomic E-state index is 0.102. The van der Waals surface area contributed by atoms with E-state index in [9.17, 15) is 9.59 Å². The zero-order chi connectivity index (χ0) is 17.4. The van der Waals surface area contributed by atoms with Gasteiger partial charge in [-0.2, -0.15) is 0 Å². The zero-order valence-electron chi connectivity index (χ0n) is 13.2. The Morgan fingerprint density at radius 2 is 2.21 bits per heavy atom. The topological polar surface area (TPSA) is 90.7 Å². The second kappa shape index (κ2) is 9.88. The van der Waals surface area contributed by atoms with E-state index in [4.69, 9.17) is 26.8 Å². The van der Waals surface area contributed by atoms with Crippen molar-refractivity contribution in [1.29, 1.82) is 0 Å². The van der Waals surface area contributed by atoms with Gasteiger partial charge in [0.15, 0.2) is 0 Å². The molecule has 1 fully saturated rings. The minimum Gasteiger partial charge on any atom is -0.379 e. The number of benzene rings is 1. The quantitative estimate of drug-likeness (QED) is 0.718. The molecule has 0 saturated carbocycles. The van der Waals surface area contributed by atoms with Gasteiger partial charge in [0.05, 0.1) is 24.5 Å². The Morgan fingerprint density at radius 1 is 1.42 bits per heavy atom. The highest BCUT2D eigenvalue weighted by Crippen LogP contribution is 2.20. The smallest absolute Gasteiger partial charge is 0.243 e. The summed E-state index contributed by atoms with van der Waals surface area (Å²) in [5.74, 6) is 0.345. The third kappa shape index (κ3) is 6.32. The number of hydrogen-bond acceptors (Lipinski definition) is 5. The summed E-state index contributed by atoms with van der Waals surface area (Å²) >= 11 is 7.57. The van der Waals surface area contributed by atoms with Gasteiger partial charge in [0.2, 0.25) is 11.8 Å². The second-order valence-electron chi connectivity index (χ2n) is 5.44. The maximum absolute atomic E-state index is 12.1. The molecule has 8 heteroatoms. The van der Waals surface area contributed by atoms with Crippen molar-refractivity contribution in [3.05, 3.63) is 34.9 Å². The molecule has 1 aromatic rings. The fourth-order valence-electron chi connectivity index (χ4n) is 2.36. The number of nitrogens with one attached hydrogen (secondary N) is 1. The van der Waals surface area contributed by atoms with Crippen LogP contribution < -0.4 is 11.1 Å². The predicted octanol–water partition coefficient (Wildman–Crippen LogP) is 1.35. The first-order valence-corrected chi connectivity index (χ1v) is 9.17. The van der Waals surface area contributed by atoms with Gasteiger partial charge in [-0.3, -0.25) is 9.59 Å². The Kier molecular flexibility index (Phi) is 7.84. The van der Waals surface area contributed by atoms with Crippen LogP contribution in [0, 0.1) is 0 Å². The Bertz CT molecular complexity index is 573. The van der Waals surface area contributed by atoms with Crippen LogP contribution in [0.5, 0.6) is 0 Å². The molecule has 1 aliphatic rings. The summed E-state index contributed by atoms with van der Waals surface area (Å²) < 4.78 is 10.8. The molecule has 24 heavy (non-hydrogen) atoms. The van der Waals surface area contributed by atoms with Crippen LogP contribution in [-0.4, -0.2) is 49.5 Å². The van der Waals surface area contributed by atoms with Crippen LogP contribution in [0.3, 0.4) is 0 Å². The van der Waals surface area contributed by atoms with E-state index in [0.29, 0.717) is 36.2 Å². The number of hydrogen-bond donors (Lipinski definition) is 2. The maximum Gasteiger partial charge on any atom is 0.243 e. The van der Waals surface area contributed by atoms with Gasteiger partial charge >= 0.3 is 0 Å². The number of carbonyl (C=O) groups is 2. The highest BCUT2D eigenvalue weighted by atomic mass is 35.5. The van der Waals surface area contributed by atoms with Crippen LogP contribution in [0.4, 0.5) is 0 Å². The minimum atomic E-state index is -0.526. The van der Waals surface area contributed by atoms with Gasteiger partial charge in [-0.05, 0) is 18.1 Å². The Morgan fingerprint density at radius 3 is 2.96 bits per heavy atom. The van der Waals surface area contributed by atoms with Crippen molar-refractivity contribution >= 4 is 35.2 Å². The molecule has 2 amide bonds. The Balaban J connectivity index is 1.75. The first-order valence-electron chi connectivity index (χ1n) is 7.64. The van der Waals surface area contributed by atoms with Crippen LogP contribution in [-0.2, 0) is 24.8 Å². The summed E-state index contributed by atoms with van der Waals surface area (Å²) in [5.41, 5.74) is 6.09. The van der Waals surface area contributed by atoms with E-state index in [1.807, 2.05) is 24.3 Å². The van der Waals surface area contributed by atoms with Crippen LogP contribution in [0.25, 0.3) is 0 Å². The van der Waals surface area contributed by atoms with Crippen molar-refractivity contribution in [3.63, 3.8) is 0 Å². The lowest BCUT2D eigenvalue weighted by molar-refractivity contribution is -0.130. The molecular formula is C16H21ClN2O4S. The maximum atomic E-state index is 12.1. The molecule has 2 atom stereocenters. The van der Waals surface area contributed by atoms with E-state index >= 15 is 0 Å². The number of nitrogens with two attached hydrogens (primary N) is 1. The van der Waals surface area contributed by atoms with Gasteiger partial charge in [-0.1, -0.05) is 29.8 Å². The standard InChI is InChI=1S/C16H21ClN2O4S/c17-12-4-2-1-3-11(12)9-24-10-16(21)19-13-7-22-6-5-14(13)23-8-15(18)20/h1-4,13-14H,5-10H2,(H2,18,20)(H,19,21)/t13-,14+/m0/s1. The SMILES string of the molecule is NC(=O)CO[C@@H]1CCOC[C@@H]1NC(=O)CSCc1ccccc1Cl. The summed E-state index contributed by atoms with van der Waals surface area (Å²) in [7, 11) is 0.